The van der Waals surface area contributed by atoms with Gasteiger partial charge in [-0.25, -0.2) is 9.07 Å². The molecule has 1 amide bonds. The first-order valence-electron chi connectivity index (χ1n) is 7.68. The van der Waals surface area contributed by atoms with E-state index in [0.717, 1.165) is 6.42 Å². The van der Waals surface area contributed by atoms with Crippen molar-refractivity contribution in [2.45, 2.75) is 29.8 Å². The number of piperidine rings is 1. The second-order valence-corrected chi connectivity index (χ2v) is 6.54. The van der Waals surface area contributed by atoms with Crippen LogP contribution in [-0.2, 0) is 16.1 Å². The summed E-state index contributed by atoms with van der Waals surface area (Å²) in [6, 6.07) is 6.34. The lowest BCUT2D eigenvalue weighted by Crippen LogP contribution is -2.43. The smallest absolute Gasteiger partial charge is 0.240 e. The van der Waals surface area contributed by atoms with Crippen LogP contribution in [0.15, 0.2) is 29.4 Å². The van der Waals surface area contributed by atoms with E-state index in [1.165, 1.54) is 22.7 Å². The molecule has 2 heterocycles. The highest BCUT2D eigenvalue weighted by Crippen LogP contribution is 2.32. The number of hydrogen-bond acceptors (Lipinski definition) is 6. The van der Waals surface area contributed by atoms with Crippen LogP contribution in [-0.4, -0.2) is 51.6 Å². The third-order valence-electron chi connectivity index (χ3n) is 3.79. The van der Waals surface area contributed by atoms with Crippen LogP contribution < -0.4 is 4.90 Å². The molecule has 3 rings (SSSR count). The number of hydrogen-bond donors (Lipinski definition) is 0. The minimum absolute atomic E-state index is 0.113. The van der Waals surface area contributed by atoms with E-state index in [-0.39, 0.29) is 17.0 Å². The zero-order valence-corrected chi connectivity index (χ0v) is 14.1. The molecule has 0 bridgehead atoms. The van der Waals surface area contributed by atoms with Gasteiger partial charge in [0.2, 0.25) is 11.1 Å². The first-order valence-corrected chi connectivity index (χ1v) is 8.56. The summed E-state index contributed by atoms with van der Waals surface area (Å²) in [4.78, 5) is 14.3. The molecule has 1 saturated heterocycles. The van der Waals surface area contributed by atoms with Gasteiger partial charge in [-0.2, -0.15) is 0 Å². The van der Waals surface area contributed by atoms with Gasteiger partial charge in [0.25, 0.3) is 0 Å². The van der Waals surface area contributed by atoms with Crippen molar-refractivity contribution < 1.29 is 13.9 Å². The maximum Gasteiger partial charge on any atom is 0.240 e. The number of anilines is 1. The van der Waals surface area contributed by atoms with E-state index in [2.05, 4.69) is 15.5 Å². The summed E-state index contributed by atoms with van der Waals surface area (Å²) in [6.07, 6.45) is 1.52. The standard InChI is InChI=1S/C15H18FN5O2S/c1-23-10-9-21-15(17-18-19-21)24-13-7-4-8-20(14(13)22)12-6-3-2-5-11(12)16/h2-3,5-6,13H,4,7-10H2,1H3. The van der Waals surface area contributed by atoms with Crippen LogP contribution in [0.1, 0.15) is 12.8 Å². The lowest BCUT2D eigenvalue weighted by Gasteiger charge is -2.31. The Morgan fingerprint density at radius 2 is 2.25 bits per heavy atom. The lowest BCUT2D eigenvalue weighted by atomic mass is 10.1. The van der Waals surface area contributed by atoms with Crippen molar-refractivity contribution in [3.05, 3.63) is 30.1 Å². The van der Waals surface area contributed by atoms with E-state index >= 15 is 0 Å². The van der Waals surface area contributed by atoms with E-state index in [9.17, 15) is 9.18 Å². The Kier molecular flexibility index (Phi) is 5.41. The van der Waals surface area contributed by atoms with Gasteiger partial charge in [0, 0.05) is 13.7 Å². The predicted octanol–water partition coefficient (Wildman–Crippen LogP) is 1.75. The van der Waals surface area contributed by atoms with Crippen molar-refractivity contribution >= 4 is 23.4 Å². The number of halogens is 1. The number of thioether (sulfide) groups is 1. The third kappa shape index (κ3) is 3.57. The molecule has 0 aliphatic carbocycles. The van der Waals surface area contributed by atoms with Gasteiger partial charge < -0.3 is 9.64 Å². The molecule has 1 aromatic carbocycles. The number of tetrazole rings is 1. The molecule has 9 heteroatoms. The highest BCUT2D eigenvalue weighted by atomic mass is 32.2. The summed E-state index contributed by atoms with van der Waals surface area (Å²) >= 11 is 1.32. The first-order chi connectivity index (χ1) is 11.7. The monoisotopic (exact) mass is 351 g/mol. The summed E-state index contributed by atoms with van der Waals surface area (Å²) in [5, 5.41) is 11.8. The molecule has 0 radical (unpaired) electrons. The number of ether oxygens (including phenoxy) is 1. The average molecular weight is 351 g/mol. The molecule has 0 N–H and O–H groups in total. The molecular weight excluding hydrogens is 333 g/mol. The second-order valence-electron chi connectivity index (χ2n) is 5.37. The minimum atomic E-state index is -0.388. The number of nitrogens with zero attached hydrogens (tertiary/aromatic N) is 5. The van der Waals surface area contributed by atoms with Crippen molar-refractivity contribution in [2.75, 3.05) is 25.2 Å². The number of amides is 1. The summed E-state index contributed by atoms with van der Waals surface area (Å²) < 4.78 is 20.6. The van der Waals surface area contributed by atoms with E-state index in [4.69, 9.17) is 4.74 Å². The van der Waals surface area contributed by atoms with Crippen molar-refractivity contribution in [3.8, 4) is 0 Å². The van der Waals surface area contributed by atoms with Gasteiger partial charge in [-0.15, -0.1) is 5.10 Å². The molecule has 0 spiro atoms. The van der Waals surface area contributed by atoms with Crippen LogP contribution in [0.4, 0.5) is 10.1 Å². The van der Waals surface area contributed by atoms with Crippen molar-refractivity contribution in [3.63, 3.8) is 0 Å². The molecule has 2 aromatic rings. The normalized spacial score (nSPS) is 18.2. The second kappa shape index (κ2) is 7.71. The molecule has 1 aliphatic heterocycles. The summed E-state index contributed by atoms with van der Waals surface area (Å²) in [7, 11) is 1.61. The zero-order chi connectivity index (χ0) is 16.9. The number of methoxy groups -OCH3 is 1. The van der Waals surface area contributed by atoms with Crippen molar-refractivity contribution in [2.24, 2.45) is 0 Å². The van der Waals surface area contributed by atoms with Gasteiger partial charge in [-0.05, 0) is 35.4 Å². The van der Waals surface area contributed by atoms with E-state index < -0.39 is 0 Å². The Morgan fingerprint density at radius 3 is 3.04 bits per heavy atom. The highest BCUT2D eigenvalue weighted by Gasteiger charge is 2.32. The number of carbonyl (C=O) groups is 1. The van der Waals surface area contributed by atoms with Gasteiger partial charge in [-0.1, -0.05) is 23.9 Å². The number of carbonyl (C=O) groups excluding carboxylic acids is 1. The van der Waals surface area contributed by atoms with Gasteiger partial charge >= 0.3 is 0 Å². The van der Waals surface area contributed by atoms with Crippen LogP contribution >= 0.6 is 11.8 Å². The Morgan fingerprint density at radius 1 is 1.42 bits per heavy atom. The Labute approximate surface area is 143 Å². The maximum absolute atomic E-state index is 14.0. The SMILES string of the molecule is COCCn1nnnc1SC1CCCN(c2ccccc2F)C1=O. The van der Waals surface area contributed by atoms with Crippen molar-refractivity contribution in [1.29, 1.82) is 0 Å². The third-order valence-corrected chi connectivity index (χ3v) is 5.01. The molecule has 1 aromatic heterocycles. The molecule has 1 aliphatic rings. The molecule has 1 unspecified atom stereocenters. The summed E-state index contributed by atoms with van der Waals surface area (Å²) in [5.74, 6) is -0.501. The fourth-order valence-corrected chi connectivity index (χ4v) is 3.69. The number of para-hydroxylation sites is 1. The lowest BCUT2D eigenvalue weighted by molar-refractivity contribution is -0.119. The highest BCUT2D eigenvalue weighted by molar-refractivity contribution is 8.00. The van der Waals surface area contributed by atoms with E-state index in [0.29, 0.717) is 37.0 Å². The van der Waals surface area contributed by atoms with Crippen LogP contribution in [0, 0.1) is 5.82 Å². The molecule has 0 saturated carbocycles. The molecule has 1 fully saturated rings. The van der Waals surface area contributed by atoms with E-state index in [1.54, 1.807) is 30.0 Å². The van der Waals surface area contributed by atoms with Crippen molar-refractivity contribution in [1.82, 2.24) is 20.2 Å². The molecule has 7 nitrogen and oxygen atoms in total. The molecule has 128 valence electrons. The summed E-state index contributed by atoms with van der Waals surface area (Å²) in [6.45, 7) is 1.52. The van der Waals surface area contributed by atoms with Gasteiger partial charge in [-0.3, -0.25) is 4.79 Å². The van der Waals surface area contributed by atoms with Crippen LogP contribution in [0.2, 0.25) is 0 Å². The fraction of sp³-hybridized carbons (Fsp3) is 0.467. The predicted molar refractivity (Wildman–Crippen MR) is 87.3 cm³/mol. The average Bonchev–Trinajstić information content (AvgIpc) is 3.03. The minimum Gasteiger partial charge on any atom is -0.383 e. The topological polar surface area (TPSA) is 73.1 Å². The summed E-state index contributed by atoms with van der Waals surface area (Å²) in [5.41, 5.74) is 0.326. The maximum atomic E-state index is 14.0. The van der Waals surface area contributed by atoms with Crippen LogP contribution in [0.25, 0.3) is 0 Å². The van der Waals surface area contributed by atoms with Gasteiger partial charge in [0.05, 0.1) is 24.1 Å². The van der Waals surface area contributed by atoms with Crippen LogP contribution in [0.5, 0.6) is 0 Å². The quantitative estimate of drug-likeness (QED) is 0.789. The molecule has 1 atom stereocenters. The van der Waals surface area contributed by atoms with E-state index in [1.807, 2.05) is 0 Å². The Hall–Kier alpha value is -2.00. The fourth-order valence-electron chi connectivity index (χ4n) is 2.59. The molecular formula is C15H18FN5O2S. The van der Waals surface area contributed by atoms with Crippen LogP contribution in [0.3, 0.4) is 0 Å². The number of benzene rings is 1. The largest absolute Gasteiger partial charge is 0.383 e. The Bertz CT molecular complexity index is 711. The first kappa shape index (κ1) is 16.8. The number of rotatable bonds is 6. The van der Waals surface area contributed by atoms with Gasteiger partial charge in [0.15, 0.2) is 0 Å². The number of aromatic nitrogens is 4. The zero-order valence-electron chi connectivity index (χ0n) is 13.3. The molecule has 24 heavy (non-hydrogen) atoms. The Balaban J connectivity index is 1.74. The van der Waals surface area contributed by atoms with Gasteiger partial charge in [0.1, 0.15) is 5.82 Å².